The molecule has 224 valence electrons. The number of primary amides is 1. The maximum Gasteiger partial charge on any atom is 0.417 e. The molecule has 4 amide bonds. The van der Waals surface area contributed by atoms with Gasteiger partial charge in [-0.15, -0.1) is 0 Å². The number of amides is 4. The number of hydrogen-bond donors (Lipinski definition) is 3. The van der Waals surface area contributed by atoms with Gasteiger partial charge in [-0.3, -0.25) is 9.59 Å². The number of carbonyl (C=O) groups is 4. The molecule has 12 heteroatoms. The maximum atomic E-state index is 13.9. The molecule has 11 nitrogen and oxygen atoms in total. The van der Waals surface area contributed by atoms with Gasteiger partial charge in [-0.2, -0.15) is 0 Å². The summed E-state index contributed by atoms with van der Waals surface area (Å²) in [6, 6.07) is 13.1. The Hall–Kier alpha value is -3.67. The van der Waals surface area contributed by atoms with Crippen LogP contribution in [0.3, 0.4) is 0 Å². The van der Waals surface area contributed by atoms with Gasteiger partial charge in [0.15, 0.2) is 0 Å². The van der Waals surface area contributed by atoms with E-state index >= 15 is 0 Å². The van der Waals surface area contributed by atoms with Crippen molar-refractivity contribution in [2.24, 2.45) is 11.5 Å². The Kier molecular flexibility index (Phi) is 13.5. The molecule has 0 saturated carbocycles. The monoisotopic (exact) mass is 590 g/mol. The van der Waals surface area contributed by atoms with Gasteiger partial charge in [0.05, 0.1) is 13.2 Å². The molecular weight excluding hydrogens is 552 g/mol. The van der Waals surface area contributed by atoms with E-state index in [1.807, 2.05) is 30.3 Å². The average Bonchev–Trinajstić information content (AvgIpc) is 2.90. The predicted molar refractivity (Wildman–Crippen MR) is 154 cm³/mol. The van der Waals surface area contributed by atoms with E-state index in [0.29, 0.717) is 34.9 Å². The highest BCUT2D eigenvalue weighted by molar-refractivity contribution is 6.31. The normalized spacial score (nSPS) is 12.6. The van der Waals surface area contributed by atoms with Gasteiger partial charge in [-0.1, -0.05) is 60.1 Å². The second-order valence-electron chi connectivity index (χ2n) is 10.3. The molecule has 0 fully saturated rings. The third kappa shape index (κ3) is 11.8. The molecule has 2 aromatic carbocycles. The quantitative estimate of drug-likeness (QED) is 0.279. The number of ether oxygens (including phenoxy) is 3. The smallest absolute Gasteiger partial charge is 0.417 e. The zero-order valence-corrected chi connectivity index (χ0v) is 24.4. The van der Waals surface area contributed by atoms with Crippen molar-refractivity contribution in [1.29, 1.82) is 0 Å². The minimum absolute atomic E-state index is 0.0451. The van der Waals surface area contributed by atoms with Crippen molar-refractivity contribution in [3.63, 3.8) is 0 Å². The highest BCUT2D eigenvalue weighted by Crippen LogP contribution is 2.19. The van der Waals surface area contributed by atoms with Crippen LogP contribution >= 0.6 is 11.6 Å². The minimum Gasteiger partial charge on any atom is -0.444 e. The standard InChI is InChI=1S/C29H39ClN4O7/c1-29(2,3)41-27(37)33-23(19-39-17-20-11-5-4-6-12-20)26(36)34(24(25(32)35)15-9-10-16-31)28(38)40-18-21-13-7-8-14-22(21)30/h4-8,11-14,23-24H,9-10,15-19,31H2,1-3H3,(H2,32,35)(H,33,37)/t23-,24-/m0/s1. The molecule has 0 bridgehead atoms. The highest BCUT2D eigenvalue weighted by Gasteiger charge is 2.39. The molecule has 0 aliphatic heterocycles. The first kappa shape index (κ1) is 33.5. The molecule has 0 unspecified atom stereocenters. The third-order valence-corrected chi connectivity index (χ3v) is 6.07. The highest BCUT2D eigenvalue weighted by atomic mass is 35.5. The number of rotatable bonds is 14. The van der Waals surface area contributed by atoms with E-state index in [4.69, 9.17) is 37.3 Å². The first-order valence-electron chi connectivity index (χ1n) is 13.3. The van der Waals surface area contributed by atoms with E-state index in [1.165, 1.54) is 0 Å². The van der Waals surface area contributed by atoms with Crippen molar-refractivity contribution in [3.8, 4) is 0 Å². The van der Waals surface area contributed by atoms with E-state index in [1.54, 1.807) is 45.0 Å². The Labute approximate surface area is 245 Å². The van der Waals surface area contributed by atoms with Crippen molar-refractivity contribution in [3.05, 3.63) is 70.7 Å². The van der Waals surface area contributed by atoms with Crippen LogP contribution in [0.2, 0.25) is 5.02 Å². The summed E-state index contributed by atoms with van der Waals surface area (Å²) in [6.07, 6.45) is -1.07. The maximum absolute atomic E-state index is 13.9. The number of nitrogens with zero attached hydrogens (tertiary/aromatic N) is 1. The summed E-state index contributed by atoms with van der Waals surface area (Å²) in [5.74, 6) is -1.88. The topological polar surface area (TPSA) is 163 Å². The van der Waals surface area contributed by atoms with E-state index in [-0.39, 0.29) is 26.2 Å². The summed E-state index contributed by atoms with van der Waals surface area (Å²) in [7, 11) is 0. The Balaban J connectivity index is 2.35. The number of unbranched alkanes of at least 4 members (excludes halogenated alkanes) is 1. The van der Waals surface area contributed by atoms with Crippen LogP contribution in [0.25, 0.3) is 0 Å². The van der Waals surface area contributed by atoms with Gasteiger partial charge in [0.1, 0.15) is 24.3 Å². The van der Waals surface area contributed by atoms with Crippen LogP contribution in [-0.4, -0.2) is 59.7 Å². The number of imide groups is 1. The first-order valence-corrected chi connectivity index (χ1v) is 13.6. The number of hydrogen-bond acceptors (Lipinski definition) is 8. The van der Waals surface area contributed by atoms with Crippen molar-refractivity contribution in [1.82, 2.24) is 10.2 Å². The average molecular weight is 591 g/mol. The van der Waals surface area contributed by atoms with Crippen molar-refractivity contribution in [2.75, 3.05) is 13.2 Å². The molecule has 0 aromatic heterocycles. The molecule has 2 aromatic rings. The summed E-state index contributed by atoms with van der Waals surface area (Å²) < 4.78 is 16.4. The zero-order chi connectivity index (χ0) is 30.4. The van der Waals surface area contributed by atoms with Gasteiger partial charge >= 0.3 is 12.2 Å². The van der Waals surface area contributed by atoms with Crippen molar-refractivity contribution in [2.45, 2.75) is 70.9 Å². The molecule has 0 radical (unpaired) electrons. The number of halogens is 1. The number of benzene rings is 2. The van der Waals surface area contributed by atoms with Gasteiger partial charge in [-0.05, 0) is 58.2 Å². The molecule has 2 rings (SSSR count). The first-order chi connectivity index (χ1) is 19.4. The number of nitrogens with one attached hydrogen (secondary N) is 1. The van der Waals surface area contributed by atoms with Gasteiger partial charge in [0, 0.05) is 10.6 Å². The molecule has 0 aliphatic carbocycles. The van der Waals surface area contributed by atoms with E-state index < -0.39 is 41.7 Å². The summed E-state index contributed by atoms with van der Waals surface area (Å²) in [4.78, 5) is 53.1. The van der Waals surface area contributed by atoms with Crippen LogP contribution in [0.1, 0.15) is 51.2 Å². The Morgan fingerprint density at radius 2 is 1.63 bits per heavy atom. The van der Waals surface area contributed by atoms with Crippen LogP contribution in [-0.2, 0) is 37.0 Å². The second-order valence-corrected chi connectivity index (χ2v) is 10.7. The summed E-state index contributed by atoms with van der Waals surface area (Å²) in [5, 5.41) is 2.81. The molecule has 0 heterocycles. The van der Waals surface area contributed by atoms with Gasteiger partial charge < -0.3 is 31.0 Å². The number of carbonyl (C=O) groups excluding carboxylic acids is 4. The van der Waals surface area contributed by atoms with Gasteiger partial charge in [0.25, 0.3) is 5.91 Å². The third-order valence-electron chi connectivity index (χ3n) is 5.70. The van der Waals surface area contributed by atoms with Crippen molar-refractivity contribution >= 4 is 35.6 Å². The van der Waals surface area contributed by atoms with Gasteiger partial charge in [-0.25, -0.2) is 14.5 Å². The molecule has 0 saturated heterocycles. The lowest BCUT2D eigenvalue weighted by Gasteiger charge is -2.31. The Morgan fingerprint density at radius 3 is 2.24 bits per heavy atom. The summed E-state index contributed by atoms with van der Waals surface area (Å²) in [5.41, 5.74) is 11.7. The Bertz CT molecular complexity index is 1160. The molecule has 5 N–H and O–H groups in total. The molecule has 2 atom stereocenters. The fraction of sp³-hybridized carbons (Fsp3) is 0.448. The van der Waals surface area contributed by atoms with Crippen LogP contribution in [0.15, 0.2) is 54.6 Å². The lowest BCUT2D eigenvalue weighted by Crippen LogP contribution is -2.59. The molecule has 41 heavy (non-hydrogen) atoms. The molecule has 0 aliphatic rings. The second kappa shape index (κ2) is 16.6. The molecule has 0 spiro atoms. The summed E-state index contributed by atoms with van der Waals surface area (Å²) in [6.45, 7) is 4.83. The SMILES string of the molecule is CC(C)(C)OC(=O)N[C@@H](COCc1ccccc1)C(=O)N(C(=O)OCc1ccccc1Cl)[C@@H](CCCCN)C(N)=O. The van der Waals surface area contributed by atoms with Crippen LogP contribution in [0.5, 0.6) is 0 Å². The fourth-order valence-electron chi connectivity index (χ4n) is 3.74. The van der Waals surface area contributed by atoms with Gasteiger partial charge in [0.2, 0.25) is 5.91 Å². The van der Waals surface area contributed by atoms with Crippen LogP contribution in [0.4, 0.5) is 9.59 Å². The van der Waals surface area contributed by atoms with E-state index in [2.05, 4.69) is 5.32 Å². The van der Waals surface area contributed by atoms with E-state index in [9.17, 15) is 19.2 Å². The lowest BCUT2D eigenvalue weighted by atomic mass is 10.1. The Morgan fingerprint density at radius 1 is 0.976 bits per heavy atom. The fourth-order valence-corrected chi connectivity index (χ4v) is 3.93. The van der Waals surface area contributed by atoms with Crippen molar-refractivity contribution < 1.29 is 33.4 Å². The minimum atomic E-state index is -1.42. The largest absolute Gasteiger partial charge is 0.444 e. The number of alkyl carbamates (subject to hydrolysis) is 1. The zero-order valence-electron chi connectivity index (χ0n) is 23.6. The predicted octanol–water partition coefficient (Wildman–Crippen LogP) is 3.90. The van der Waals surface area contributed by atoms with E-state index in [0.717, 1.165) is 5.56 Å². The lowest BCUT2D eigenvalue weighted by molar-refractivity contribution is -0.140. The van der Waals surface area contributed by atoms with Crippen LogP contribution < -0.4 is 16.8 Å². The van der Waals surface area contributed by atoms with Crippen LogP contribution in [0, 0.1) is 0 Å². The summed E-state index contributed by atoms with van der Waals surface area (Å²) >= 11 is 6.18. The molecular formula is C29H39ClN4O7. The number of nitrogens with two attached hydrogens (primary N) is 2.